The summed E-state index contributed by atoms with van der Waals surface area (Å²) < 4.78 is 68.9. The molecule has 0 radical (unpaired) electrons. The second-order valence-corrected chi connectivity index (χ2v) is 35.8. The molecule has 642 valence electrons. The molecule has 2 unspecified atom stereocenters. The third kappa shape index (κ3) is 82.1. The molecule has 3 N–H and O–H groups in total. The van der Waals surface area contributed by atoms with Crippen molar-refractivity contribution in [2.45, 2.75) is 496 Å². The zero-order valence-corrected chi connectivity index (χ0v) is 73.0. The number of phosphoric acid groups is 2. The first kappa shape index (κ1) is 106. The number of aliphatic hydroxyl groups excluding tert-OH is 1. The molecule has 0 amide bonds. The van der Waals surface area contributed by atoms with Gasteiger partial charge in [-0.3, -0.25) is 37.3 Å². The molecule has 0 spiro atoms. The van der Waals surface area contributed by atoms with Crippen LogP contribution in [0.5, 0.6) is 0 Å². The topological polar surface area (TPSA) is 237 Å². The Hall–Kier alpha value is -1.94. The van der Waals surface area contributed by atoms with E-state index in [1.807, 2.05) is 0 Å². The lowest BCUT2D eigenvalue weighted by atomic mass is 10.0. The molecule has 0 saturated heterocycles. The van der Waals surface area contributed by atoms with Gasteiger partial charge in [0.15, 0.2) is 12.2 Å². The first-order chi connectivity index (χ1) is 52.4. The van der Waals surface area contributed by atoms with Gasteiger partial charge in [-0.25, -0.2) is 9.13 Å². The van der Waals surface area contributed by atoms with Crippen LogP contribution in [0.1, 0.15) is 478 Å². The number of hydrogen-bond acceptors (Lipinski definition) is 15. The fourth-order valence-electron chi connectivity index (χ4n) is 14.0. The van der Waals surface area contributed by atoms with E-state index in [1.165, 1.54) is 295 Å². The normalized spacial score (nSPS) is 13.8. The summed E-state index contributed by atoms with van der Waals surface area (Å²) in [5.41, 5.74) is 0. The van der Waals surface area contributed by atoms with Gasteiger partial charge >= 0.3 is 39.5 Å². The van der Waals surface area contributed by atoms with Crippen LogP contribution in [0.4, 0.5) is 0 Å². The van der Waals surface area contributed by atoms with E-state index in [0.717, 1.165) is 102 Å². The molecule has 0 aromatic heterocycles. The SMILES string of the molecule is CCCCCCCCCCCCCCCCCCCCCCCCC(=O)O[C@H](COC(=O)CCCCCCCCCCCCCCCCCCCCC(C)C)COP(=O)(O)OC[C@@H](O)COP(=O)(O)OC[C@@H](COC(=O)CCCCCCCCCCC)OC(=O)CCCCCCCCCCCCCCCC(C)C. The molecule has 19 heteroatoms. The molecular formula is C89H174O17P2. The monoisotopic (exact) mass is 1580 g/mol. The minimum absolute atomic E-state index is 0.108. The number of phosphoric ester groups is 2. The highest BCUT2D eigenvalue weighted by Gasteiger charge is 2.31. The van der Waals surface area contributed by atoms with Crippen molar-refractivity contribution in [1.29, 1.82) is 0 Å². The van der Waals surface area contributed by atoms with Gasteiger partial charge in [0.1, 0.15) is 19.3 Å². The van der Waals surface area contributed by atoms with Gasteiger partial charge in [-0.15, -0.1) is 0 Å². The largest absolute Gasteiger partial charge is 0.472 e. The Morgan fingerprint density at radius 2 is 0.426 bits per heavy atom. The number of unbranched alkanes of at least 4 members (excludes halogenated alkanes) is 58. The Balaban J connectivity index is 5.19. The molecule has 0 aliphatic heterocycles. The maximum absolute atomic E-state index is 13.2. The molecule has 0 bridgehead atoms. The van der Waals surface area contributed by atoms with Crippen LogP contribution < -0.4 is 0 Å². The second-order valence-electron chi connectivity index (χ2n) is 32.9. The number of rotatable bonds is 88. The van der Waals surface area contributed by atoms with Crippen LogP contribution in [-0.2, 0) is 65.4 Å². The Kier molecular flexibility index (Phi) is 78.8. The highest BCUT2D eigenvalue weighted by molar-refractivity contribution is 7.47. The average Bonchev–Trinajstić information content (AvgIpc) is 0.899. The third-order valence-electron chi connectivity index (χ3n) is 21.0. The summed E-state index contributed by atoms with van der Waals surface area (Å²) in [5, 5.41) is 10.7. The maximum Gasteiger partial charge on any atom is 0.472 e. The lowest BCUT2D eigenvalue weighted by Crippen LogP contribution is -2.30. The van der Waals surface area contributed by atoms with Crippen LogP contribution in [0.3, 0.4) is 0 Å². The van der Waals surface area contributed by atoms with Gasteiger partial charge in [0.05, 0.1) is 26.4 Å². The van der Waals surface area contributed by atoms with Gasteiger partial charge in [-0.2, -0.15) is 0 Å². The van der Waals surface area contributed by atoms with Crippen LogP contribution in [0.25, 0.3) is 0 Å². The fourth-order valence-corrected chi connectivity index (χ4v) is 15.5. The Morgan fingerprint density at radius 1 is 0.250 bits per heavy atom. The average molecular weight is 1580 g/mol. The summed E-state index contributed by atoms with van der Waals surface area (Å²) in [5.74, 6) is -0.491. The van der Waals surface area contributed by atoms with E-state index < -0.39 is 97.5 Å². The van der Waals surface area contributed by atoms with E-state index in [0.29, 0.717) is 25.7 Å². The Bertz CT molecular complexity index is 2060. The molecule has 0 heterocycles. The minimum Gasteiger partial charge on any atom is -0.462 e. The molecule has 0 aromatic carbocycles. The van der Waals surface area contributed by atoms with Crippen molar-refractivity contribution in [2.24, 2.45) is 11.8 Å². The number of carbonyl (C=O) groups excluding carboxylic acids is 4. The quantitative estimate of drug-likeness (QED) is 0.0222. The molecule has 0 aromatic rings. The number of hydrogen-bond donors (Lipinski definition) is 3. The van der Waals surface area contributed by atoms with E-state index in [1.54, 1.807) is 0 Å². The molecule has 5 atom stereocenters. The highest BCUT2D eigenvalue weighted by Crippen LogP contribution is 2.45. The highest BCUT2D eigenvalue weighted by atomic mass is 31.2. The number of ether oxygens (including phenoxy) is 4. The van der Waals surface area contributed by atoms with E-state index in [9.17, 15) is 43.2 Å². The molecule has 0 rings (SSSR count). The summed E-state index contributed by atoms with van der Waals surface area (Å²) >= 11 is 0. The van der Waals surface area contributed by atoms with E-state index in [2.05, 4.69) is 41.5 Å². The number of esters is 4. The standard InChI is InChI=1S/C89H174O17P2/c1-7-9-11-13-15-17-18-19-20-21-22-23-24-25-30-33-38-43-49-55-61-67-73-88(93)106-85(78-100-87(92)72-66-60-54-48-42-37-32-29-27-26-28-31-35-40-46-51-57-63-69-81(3)4)80-104-108(97,98)102-76-83(90)75-101-107(95,96)103-79-84(77-99-86(91)71-65-59-53-45-16-14-12-10-8-2)105-89(94)74-68-62-56-50-44-39-34-36-41-47-52-58-64-70-82(5)6/h81-85,90H,7-80H2,1-6H3,(H,95,96)(H,97,98)/t83-,84+,85+/m0/s1. The van der Waals surface area contributed by atoms with Crippen LogP contribution in [0, 0.1) is 11.8 Å². The zero-order chi connectivity index (χ0) is 79.2. The van der Waals surface area contributed by atoms with Gasteiger partial charge in [-0.05, 0) is 37.5 Å². The minimum atomic E-state index is -4.97. The zero-order valence-electron chi connectivity index (χ0n) is 71.2. The van der Waals surface area contributed by atoms with Crippen LogP contribution in [0.2, 0.25) is 0 Å². The summed E-state index contributed by atoms with van der Waals surface area (Å²) in [6, 6.07) is 0. The van der Waals surface area contributed by atoms with Crippen molar-refractivity contribution in [3.05, 3.63) is 0 Å². The predicted molar refractivity (Wildman–Crippen MR) is 446 cm³/mol. The van der Waals surface area contributed by atoms with Gasteiger partial charge < -0.3 is 33.8 Å². The molecule has 108 heavy (non-hydrogen) atoms. The van der Waals surface area contributed by atoms with Crippen molar-refractivity contribution in [2.75, 3.05) is 39.6 Å². The predicted octanol–water partition coefficient (Wildman–Crippen LogP) is 27.4. The van der Waals surface area contributed by atoms with Crippen molar-refractivity contribution < 1.29 is 80.2 Å². The van der Waals surface area contributed by atoms with E-state index in [-0.39, 0.29) is 25.7 Å². The lowest BCUT2D eigenvalue weighted by Gasteiger charge is -2.21. The summed E-state index contributed by atoms with van der Waals surface area (Å²) in [4.78, 5) is 73.2. The fraction of sp³-hybridized carbons (Fsp3) is 0.955. The van der Waals surface area contributed by atoms with Gasteiger partial charge in [0.25, 0.3) is 0 Å². The number of carbonyl (C=O) groups is 4. The Labute approximate surface area is 664 Å². The maximum atomic E-state index is 13.2. The second kappa shape index (κ2) is 80.3. The van der Waals surface area contributed by atoms with Crippen molar-refractivity contribution in [3.8, 4) is 0 Å². The number of aliphatic hydroxyl groups is 1. The summed E-state index contributed by atoms with van der Waals surface area (Å²) in [6.07, 6.45) is 73.8. The molecule has 0 aliphatic carbocycles. The molecule has 17 nitrogen and oxygen atoms in total. The third-order valence-corrected chi connectivity index (χ3v) is 22.9. The van der Waals surface area contributed by atoms with E-state index >= 15 is 0 Å². The van der Waals surface area contributed by atoms with Gasteiger partial charge in [0, 0.05) is 25.7 Å². The van der Waals surface area contributed by atoms with Gasteiger partial charge in [-0.1, -0.05) is 427 Å². The molecular weight excluding hydrogens is 1400 g/mol. The summed E-state index contributed by atoms with van der Waals surface area (Å²) in [7, 11) is -9.93. The molecule has 0 saturated carbocycles. The van der Waals surface area contributed by atoms with Crippen molar-refractivity contribution in [1.82, 2.24) is 0 Å². The summed E-state index contributed by atoms with van der Waals surface area (Å²) in [6.45, 7) is 9.72. The van der Waals surface area contributed by atoms with Crippen molar-refractivity contribution in [3.63, 3.8) is 0 Å². The van der Waals surface area contributed by atoms with Crippen molar-refractivity contribution >= 4 is 39.5 Å². The first-order valence-corrected chi connectivity index (χ1v) is 49.0. The van der Waals surface area contributed by atoms with Crippen LogP contribution in [-0.4, -0.2) is 96.7 Å². The van der Waals surface area contributed by atoms with Gasteiger partial charge in [0.2, 0.25) is 0 Å². The first-order valence-electron chi connectivity index (χ1n) is 46.0. The van der Waals surface area contributed by atoms with Crippen LogP contribution >= 0.6 is 15.6 Å². The van der Waals surface area contributed by atoms with Crippen LogP contribution in [0.15, 0.2) is 0 Å². The Morgan fingerprint density at radius 3 is 0.630 bits per heavy atom. The lowest BCUT2D eigenvalue weighted by molar-refractivity contribution is -0.161. The van der Waals surface area contributed by atoms with E-state index in [4.69, 9.17) is 37.0 Å². The molecule has 0 aliphatic rings. The molecule has 0 fully saturated rings. The smallest absolute Gasteiger partial charge is 0.462 e.